The average Bonchev–Trinajstić information content (AvgIpc) is 2.92. The van der Waals surface area contributed by atoms with Crippen LogP contribution in [0.5, 0.6) is 0 Å². The van der Waals surface area contributed by atoms with E-state index in [2.05, 4.69) is 11.8 Å². The van der Waals surface area contributed by atoms with E-state index in [1.54, 1.807) is 29.2 Å². The smallest absolute Gasteiger partial charge is 0.265 e. The molecule has 29 heavy (non-hydrogen) atoms. The standard InChI is InChI=1S/C24H28N2O3/c1-17-10-12-19(13-11-17)22(27)15-24(29)20-8-3-4-9-21(20)26(23(24)28)16-25-14-6-5-7-18(25)2/h3-4,8-13,18,29H,5-7,14-16H2,1-2H3/t18-,24+/m0/s1. The average molecular weight is 392 g/mol. The van der Waals surface area contributed by atoms with Crippen LogP contribution in [0.15, 0.2) is 48.5 Å². The minimum absolute atomic E-state index is 0.233. The van der Waals surface area contributed by atoms with Crippen LogP contribution in [0.25, 0.3) is 0 Å². The molecule has 2 heterocycles. The summed E-state index contributed by atoms with van der Waals surface area (Å²) >= 11 is 0. The molecule has 5 nitrogen and oxygen atoms in total. The summed E-state index contributed by atoms with van der Waals surface area (Å²) in [6.07, 6.45) is 3.18. The maximum atomic E-state index is 13.4. The molecule has 5 heteroatoms. The molecule has 0 saturated carbocycles. The van der Waals surface area contributed by atoms with E-state index in [4.69, 9.17) is 0 Å². The van der Waals surface area contributed by atoms with Crippen molar-refractivity contribution in [2.75, 3.05) is 18.1 Å². The zero-order valence-electron chi connectivity index (χ0n) is 17.1. The highest BCUT2D eigenvalue weighted by Gasteiger charge is 2.51. The van der Waals surface area contributed by atoms with Gasteiger partial charge in [0.25, 0.3) is 5.91 Å². The van der Waals surface area contributed by atoms with Crippen molar-refractivity contribution in [1.82, 2.24) is 4.90 Å². The van der Waals surface area contributed by atoms with Gasteiger partial charge in [-0.25, -0.2) is 0 Å². The number of rotatable bonds is 5. The van der Waals surface area contributed by atoms with Gasteiger partial charge in [-0.3, -0.25) is 19.4 Å². The number of hydrogen-bond donors (Lipinski definition) is 1. The van der Waals surface area contributed by atoms with Crippen LogP contribution < -0.4 is 4.90 Å². The monoisotopic (exact) mass is 392 g/mol. The van der Waals surface area contributed by atoms with Crippen molar-refractivity contribution < 1.29 is 14.7 Å². The Morgan fingerprint density at radius 3 is 2.59 bits per heavy atom. The Morgan fingerprint density at radius 1 is 1.14 bits per heavy atom. The van der Waals surface area contributed by atoms with Crippen LogP contribution in [-0.2, 0) is 10.4 Å². The van der Waals surface area contributed by atoms with E-state index in [0.717, 1.165) is 24.9 Å². The van der Waals surface area contributed by atoms with Gasteiger partial charge in [0.1, 0.15) is 0 Å². The second-order valence-corrected chi connectivity index (χ2v) is 8.38. The van der Waals surface area contributed by atoms with E-state index < -0.39 is 11.5 Å². The first kappa shape index (κ1) is 19.8. The maximum Gasteiger partial charge on any atom is 0.265 e. The predicted octanol–water partition coefficient (Wildman–Crippen LogP) is 3.63. The van der Waals surface area contributed by atoms with Crippen molar-refractivity contribution in [3.63, 3.8) is 0 Å². The molecule has 1 N–H and O–H groups in total. The zero-order valence-corrected chi connectivity index (χ0v) is 17.1. The largest absolute Gasteiger partial charge is 0.375 e. The minimum Gasteiger partial charge on any atom is -0.375 e. The Morgan fingerprint density at radius 2 is 1.86 bits per heavy atom. The lowest BCUT2D eigenvalue weighted by molar-refractivity contribution is -0.136. The summed E-state index contributed by atoms with van der Waals surface area (Å²) in [5, 5.41) is 11.4. The van der Waals surface area contributed by atoms with E-state index in [9.17, 15) is 14.7 Å². The highest BCUT2D eigenvalue weighted by Crippen LogP contribution is 2.43. The van der Waals surface area contributed by atoms with Crippen molar-refractivity contribution in [2.45, 2.75) is 51.2 Å². The number of ketones is 1. The van der Waals surface area contributed by atoms with Crippen LogP contribution in [-0.4, -0.2) is 41.0 Å². The predicted molar refractivity (Wildman–Crippen MR) is 113 cm³/mol. The number of anilines is 1. The second-order valence-electron chi connectivity index (χ2n) is 8.38. The number of amides is 1. The lowest BCUT2D eigenvalue weighted by Gasteiger charge is -2.36. The van der Waals surface area contributed by atoms with Gasteiger partial charge in [0.15, 0.2) is 11.4 Å². The first-order chi connectivity index (χ1) is 13.9. The molecule has 0 unspecified atom stereocenters. The number of carbonyl (C=O) groups is 2. The minimum atomic E-state index is -1.82. The number of aliphatic hydroxyl groups is 1. The van der Waals surface area contributed by atoms with Crippen molar-refractivity contribution in [3.05, 3.63) is 65.2 Å². The van der Waals surface area contributed by atoms with E-state index in [1.165, 1.54) is 6.42 Å². The number of carbonyl (C=O) groups excluding carboxylic acids is 2. The van der Waals surface area contributed by atoms with Crippen LogP contribution in [0.1, 0.15) is 54.1 Å². The molecule has 0 spiro atoms. The molecule has 1 saturated heterocycles. The Bertz CT molecular complexity index is 924. The summed E-state index contributed by atoms with van der Waals surface area (Å²) in [6.45, 7) is 5.52. The van der Waals surface area contributed by atoms with E-state index in [-0.39, 0.29) is 12.2 Å². The van der Waals surface area contributed by atoms with Gasteiger partial charge < -0.3 is 5.11 Å². The molecule has 2 aromatic rings. The summed E-state index contributed by atoms with van der Waals surface area (Å²) < 4.78 is 0. The van der Waals surface area contributed by atoms with Gasteiger partial charge in [-0.05, 0) is 32.8 Å². The quantitative estimate of drug-likeness (QED) is 0.790. The fraction of sp³-hybridized carbons (Fsp3) is 0.417. The number of aryl methyl sites for hydroxylation is 1. The van der Waals surface area contributed by atoms with Crippen molar-refractivity contribution in [3.8, 4) is 0 Å². The Hall–Kier alpha value is -2.50. The van der Waals surface area contributed by atoms with E-state index >= 15 is 0 Å². The van der Waals surface area contributed by atoms with Gasteiger partial charge in [-0.15, -0.1) is 0 Å². The van der Waals surface area contributed by atoms with Crippen LogP contribution >= 0.6 is 0 Å². The Labute approximate surface area is 171 Å². The first-order valence-corrected chi connectivity index (χ1v) is 10.4. The molecule has 4 rings (SSSR count). The lowest BCUT2D eigenvalue weighted by atomic mass is 9.88. The molecule has 0 aliphatic carbocycles. The number of para-hydroxylation sites is 1. The Kier molecular flexibility index (Phi) is 5.28. The maximum absolute atomic E-state index is 13.4. The van der Waals surface area contributed by atoms with Crippen LogP contribution in [0.4, 0.5) is 5.69 Å². The first-order valence-electron chi connectivity index (χ1n) is 10.4. The van der Waals surface area contributed by atoms with Gasteiger partial charge in [0.05, 0.1) is 18.8 Å². The topological polar surface area (TPSA) is 60.9 Å². The number of likely N-dealkylation sites (tertiary alicyclic amines) is 1. The third kappa shape index (κ3) is 3.61. The number of benzene rings is 2. The van der Waals surface area contributed by atoms with Crippen LogP contribution in [0.2, 0.25) is 0 Å². The molecule has 2 atom stereocenters. The van der Waals surface area contributed by atoms with Crippen LogP contribution in [0.3, 0.4) is 0 Å². The molecule has 2 aliphatic heterocycles. The third-order valence-electron chi connectivity index (χ3n) is 6.29. The highest BCUT2D eigenvalue weighted by molar-refractivity contribution is 6.10. The summed E-state index contributed by atoms with van der Waals surface area (Å²) in [5.74, 6) is -0.638. The third-order valence-corrected chi connectivity index (χ3v) is 6.29. The number of fused-ring (bicyclic) bond motifs is 1. The number of Topliss-reactive ketones (excluding diaryl/α,β-unsaturated/α-hetero) is 1. The molecule has 0 bridgehead atoms. The summed E-state index contributed by atoms with van der Waals surface area (Å²) in [5.41, 5.74) is 0.976. The van der Waals surface area contributed by atoms with Gasteiger partial charge in [0.2, 0.25) is 0 Å². The van der Waals surface area contributed by atoms with E-state index in [1.807, 2.05) is 31.2 Å². The summed E-state index contributed by atoms with van der Waals surface area (Å²) in [6, 6.07) is 14.9. The molecule has 0 aromatic heterocycles. The van der Waals surface area contributed by atoms with Gasteiger partial charge >= 0.3 is 0 Å². The number of hydrogen-bond acceptors (Lipinski definition) is 4. The molecule has 2 aliphatic rings. The van der Waals surface area contributed by atoms with Gasteiger partial charge in [0, 0.05) is 23.7 Å². The van der Waals surface area contributed by atoms with E-state index in [0.29, 0.717) is 29.5 Å². The summed E-state index contributed by atoms with van der Waals surface area (Å²) in [4.78, 5) is 30.2. The van der Waals surface area contributed by atoms with Crippen molar-refractivity contribution in [2.24, 2.45) is 0 Å². The molecule has 1 fully saturated rings. The van der Waals surface area contributed by atoms with Gasteiger partial charge in [-0.2, -0.15) is 0 Å². The normalized spacial score (nSPS) is 24.6. The lowest BCUT2D eigenvalue weighted by Crippen LogP contribution is -2.49. The highest BCUT2D eigenvalue weighted by atomic mass is 16.3. The fourth-order valence-electron chi connectivity index (χ4n) is 4.44. The molecular formula is C24H28N2O3. The number of piperidine rings is 1. The SMILES string of the molecule is Cc1ccc(C(=O)C[C@]2(O)C(=O)N(CN3CCCC[C@@H]3C)c3ccccc32)cc1. The molecule has 2 aromatic carbocycles. The molecular weight excluding hydrogens is 364 g/mol. The molecule has 152 valence electrons. The zero-order chi connectivity index (χ0) is 20.6. The summed E-state index contributed by atoms with van der Waals surface area (Å²) in [7, 11) is 0. The van der Waals surface area contributed by atoms with Gasteiger partial charge in [-0.1, -0.05) is 54.4 Å². The Balaban J connectivity index is 1.62. The molecule has 0 radical (unpaired) electrons. The van der Waals surface area contributed by atoms with Crippen molar-refractivity contribution in [1.29, 1.82) is 0 Å². The molecule has 1 amide bonds. The van der Waals surface area contributed by atoms with Crippen molar-refractivity contribution >= 4 is 17.4 Å². The number of nitrogens with zero attached hydrogens (tertiary/aromatic N) is 2. The van der Waals surface area contributed by atoms with Crippen LogP contribution in [0, 0.1) is 6.92 Å². The fourth-order valence-corrected chi connectivity index (χ4v) is 4.44. The second kappa shape index (κ2) is 7.73.